The summed E-state index contributed by atoms with van der Waals surface area (Å²) in [6, 6.07) is 8.44. The Morgan fingerprint density at radius 1 is 1.37 bits per heavy atom. The highest BCUT2D eigenvalue weighted by atomic mass is 32.1. The molecule has 1 aliphatic rings. The summed E-state index contributed by atoms with van der Waals surface area (Å²) in [5.41, 5.74) is 5.76. The number of carbonyl (C=O) groups is 1. The first-order valence-corrected chi connectivity index (χ1v) is 6.88. The van der Waals surface area contributed by atoms with Gasteiger partial charge in [0.15, 0.2) is 5.01 Å². The fraction of sp³-hybridized carbons (Fsp3) is 0.231. The number of hydrogen-bond acceptors (Lipinski definition) is 5. The summed E-state index contributed by atoms with van der Waals surface area (Å²) in [5, 5.41) is 2.32. The second-order valence-electron chi connectivity index (χ2n) is 4.53. The molecule has 0 radical (unpaired) electrons. The van der Waals surface area contributed by atoms with E-state index in [0.29, 0.717) is 5.01 Å². The SMILES string of the molecule is NNC(=O)c1nc(CN2Cc3ccccc3C2)cs1. The Morgan fingerprint density at radius 2 is 2.05 bits per heavy atom. The molecule has 98 valence electrons. The molecule has 3 rings (SSSR count). The molecule has 0 unspecified atom stereocenters. The molecular weight excluding hydrogens is 260 g/mol. The number of hydrogen-bond donors (Lipinski definition) is 2. The van der Waals surface area contributed by atoms with E-state index in [-0.39, 0.29) is 5.91 Å². The predicted molar refractivity (Wildman–Crippen MR) is 73.2 cm³/mol. The summed E-state index contributed by atoms with van der Waals surface area (Å²) in [5.74, 6) is 4.76. The minimum Gasteiger partial charge on any atom is -0.289 e. The van der Waals surface area contributed by atoms with E-state index in [9.17, 15) is 4.79 Å². The molecule has 6 heteroatoms. The van der Waals surface area contributed by atoms with Crippen LogP contribution in [0.4, 0.5) is 0 Å². The summed E-state index contributed by atoms with van der Waals surface area (Å²) < 4.78 is 0. The zero-order chi connectivity index (χ0) is 13.2. The number of thiazole rings is 1. The first-order chi connectivity index (χ1) is 9.26. The van der Waals surface area contributed by atoms with Crippen molar-refractivity contribution in [3.05, 3.63) is 51.5 Å². The quantitative estimate of drug-likeness (QED) is 0.502. The molecule has 1 amide bonds. The number of nitrogens with one attached hydrogen (secondary N) is 1. The zero-order valence-electron chi connectivity index (χ0n) is 10.3. The third-order valence-corrected chi connectivity index (χ3v) is 4.06. The molecule has 0 saturated heterocycles. The summed E-state index contributed by atoms with van der Waals surface area (Å²) in [7, 11) is 0. The topological polar surface area (TPSA) is 71.2 Å². The first-order valence-electron chi connectivity index (χ1n) is 6.01. The number of nitrogens with zero attached hydrogens (tertiary/aromatic N) is 2. The summed E-state index contributed by atoms with van der Waals surface area (Å²) in [6.07, 6.45) is 0. The van der Waals surface area contributed by atoms with Crippen LogP contribution in [0.5, 0.6) is 0 Å². The lowest BCUT2D eigenvalue weighted by Gasteiger charge is -2.12. The van der Waals surface area contributed by atoms with Crippen LogP contribution in [0.3, 0.4) is 0 Å². The summed E-state index contributed by atoms with van der Waals surface area (Å²) >= 11 is 1.32. The van der Waals surface area contributed by atoms with Crippen molar-refractivity contribution in [2.75, 3.05) is 0 Å². The third-order valence-electron chi connectivity index (χ3n) is 3.17. The van der Waals surface area contributed by atoms with Crippen molar-refractivity contribution >= 4 is 17.2 Å². The minimum absolute atomic E-state index is 0.332. The van der Waals surface area contributed by atoms with Crippen LogP contribution in [0.1, 0.15) is 26.6 Å². The Bertz CT molecular complexity index is 585. The molecule has 1 aromatic carbocycles. The monoisotopic (exact) mass is 274 g/mol. The Hall–Kier alpha value is -1.76. The highest BCUT2D eigenvalue weighted by Gasteiger charge is 2.19. The van der Waals surface area contributed by atoms with Crippen LogP contribution in [-0.2, 0) is 19.6 Å². The van der Waals surface area contributed by atoms with Crippen molar-refractivity contribution in [2.45, 2.75) is 19.6 Å². The third kappa shape index (κ3) is 2.51. The smallest absolute Gasteiger partial charge is 0.289 e. The fourth-order valence-corrected chi connectivity index (χ4v) is 3.00. The molecule has 0 fully saturated rings. The Balaban J connectivity index is 1.68. The fourth-order valence-electron chi connectivity index (χ4n) is 2.29. The number of rotatable bonds is 3. The number of carbonyl (C=O) groups excluding carboxylic acids is 1. The average Bonchev–Trinajstić information content (AvgIpc) is 3.04. The normalized spacial score (nSPS) is 14.4. The van der Waals surface area contributed by atoms with E-state index >= 15 is 0 Å². The number of amides is 1. The molecule has 0 atom stereocenters. The highest BCUT2D eigenvalue weighted by molar-refractivity contribution is 7.11. The van der Waals surface area contributed by atoms with Crippen molar-refractivity contribution in [1.29, 1.82) is 0 Å². The van der Waals surface area contributed by atoms with E-state index in [4.69, 9.17) is 5.84 Å². The number of benzene rings is 1. The Morgan fingerprint density at radius 3 is 2.68 bits per heavy atom. The van der Waals surface area contributed by atoms with Crippen LogP contribution in [0.2, 0.25) is 0 Å². The van der Waals surface area contributed by atoms with Crippen LogP contribution < -0.4 is 11.3 Å². The number of nitrogen functional groups attached to an aromatic ring is 1. The summed E-state index contributed by atoms with van der Waals surface area (Å²) in [4.78, 5) is 17.9. The molecule has 0 spiro atoms. The number of hydrazine groups is 1. The Labute approximate surface area is 115 Å². The molecule has 3 N–H and O–H groups in total. The van der Waals surface area contributed by atoms with Crippen LogP contribution in [-0.4, -0.2) is 15.8 Å². The standard InChI is InChI=1S/C13H14N4OS/c14-16-12(18)13-15-11(8-19-13)7-17-5-9-3-1-2-4-10(9)6-17/h1-4,8H,5-7,14H2,(H,16,18). The number of aromatic nitrogens is 1. The first kappa shape index (κ1) is 12.3. The van der Waals surface area contributed by atoms with Gasteiger partial charge in [0.1, 0.15) is 0 Å². The van der Waals surface area contributed by atoms with E-state index in [1.54, 1.807) is 0 Å². The van der Waals surface area contributed by atoms with Gasteiger partial charge in [0.2, 0.25) is 0 Å². The van der Waals surface area contributed by atoms with Gasteiger partial charge in [-0.2, -0.15) is 0 Å². The van der Waals surface area contributed by atoms with E-state index in [1.807, 2.05) is 5.38 Å². The van der Waals surface area contributed by atoms with Crippen LogP contribution in [0, 0.1) is 0 Å². The average molecular weight is 274 g/mol. The van der Waals surface area contributed by atoms with E-state index in [0.717, 1.165) is 25.3 Å². The maximum absolute atomic E-state index is 11.3. The van der Waals surface area contributed by atoms with Gasteiger partial charge in [0.05, 0.1) is 5.69 Å². The van der Waals surface area contributed by atoms with Crippen molar-refractivity contribution in [3.63, 3.8) is 0 Å². The molecule has 2 heterocycles. The van der Waals surface area contributed by atoms with E-state index in [2.05, 4.69) is 39.6 Å². The van der Waals surface area contributed by atoms with Gasteiger partial charge in [-0.25, -0.2) is 10.8 Å². The summed E-state index contributed by atoms with van der Waals surface area (Å²) in [6.45, 7) is 2.63. The minimum atomic E-state index is -0.332. The van der Waals surface area contributed by atoms with Gasteiger partial charge >= 0.3 is 0 Å². The second-order valence-corrected chi connectivity index (χ2v) is 5.39. The van der Waals surface area contributed by atoms with Crippen molar-refractivity contribution in [1.82, 2.24) is 15.3 Å². The number of nitrogens with two attached hydrogens (primary N) is 1. The van der Waals surface area contributed by atoms with Gasteiger partial charge in [-0.15, -0.1) is 11.3 Å². The molecular formula is C13H14N4OS. The molecule has 2 aromatic rings. The molecule has 19 heavy (non-hydrogen) atoms. The van der Waals surface area contributed by atoms with Gasteiger partial charge in [-0.3, -0.25) is 15.1 Å². The van der Waals surface area contributed by atoms with Crippen LogP contribution in [0.25, 0.3) is 0 Å². The van der Waals surface area contributed by atoms with Gasteiger partial charge in [0, 0.05) is 25.0 Å². The van der Waals surface area contributed by atoms with E-state index in [1.165, 1.54) is 22.5 Å². The van der Waals surface area contributed by atoms with Gasteiger partial charge in [0.25, 0.3) is 5.91 Å². The zero-order valence-corrected chi connectivity index (χ0v) is 11.1. The number of fused-ring (bicyclic) bond motifs is 1. The lowest BCUT2D eigenvalue weighted by molar-refractivity contribution is 0.0953. The second kappa shape index (κ2) is 5.08. The van der Waals surface area contributed by atoms with E-state index < -0.39 is 0 Å². The Kier molecular flexibility index (Phi) is 3.29. The van der Waals surface area contributed by atoms with Gasteiger partial charge in [-0.1, -0.05) is 24.3 Å². The van der Waals surface area contributed by atoms with Crippen molar-refractivity contribution in [2.24, 2.45) is 5.84 Å². The van der Waals surface area contributed by atoms with Crippen molar-refractivity contribution in [3.8, 4) is 0 Å². The van der Waals surface area contributed by atoms with Crippen molar-refractivity contribution < 1.29 is 4.79 Å². The maximum atomic E-state index is 11.3. The van der Waals surface area contributed by atoms with Crippen LogP contribution >= 0.6 is 11.3 Å². The molecule has 0 aliphatic carbocycles. The van der Waals surface area contributed by atoms with Gasteiger partial charge in [-0.05, 0) is 11.1 Å². The van der Waals surface area contributed by atoms with Gasteiger partial charge < -0.3 is 0 Å². The molecule has 1 aliphatic heterocycles. The molecule has 5 nitrogen and oxygen atoms in total. The molecule has 0 saturated carbocycles. The lowest BCUT2D eigenvalue weighted by Crippen LogP contribution is -2.29. The lowest BCUT2D eigenvalue weighted by atomic mass is 10.1. The molecule has 1 aromatic heterocycles. The highest BCUT2D eigenvalue weighted by Crippen LogP contribution is 2.24. The maximum Gasteiger partial charge on any atom is 0.294 e. The largest absolute Gasteiger partial charge is 0.294 e. The molecule has 0 bridgehead atoms. The predicted octanol–water partition coefficient (Wildman–Crippen LogP) is 1.26. The van der Waals surface area contributed by atoms with Crippen LogP contribution in [0.15, 0.2) is 29.6 Å².